The molecule has 1 aliphatic heterocycles. The first-order valence-corrected chi connectivity index (χ1v) is 6.22. The summed E-state index contributed by atoms with van der Waals surface area (Å²) in [6.07, 6.45) is 3.47. The van der Waals surface area contributed by atoms with Crippen molar-refractivity contribution in [2.45, 2.75) is 6.04 Å². The molecule has 2 heterocycles. The molecule has 2 rings (SSSR count). The normalized spacial score (nSPS) is 19.6. The molecule has 0 aromatic carbocycles. The van der Waals surface area contributed by atoms with Crippen molar-refractivity contribution in [2.75, 3.05) is 32.9 Å². The van der Waals surface area contributed by atoms with E-state index in [9.17, 15) is 4.39 Å². The topological polar surface area (TPSA) is 28.2 Å². The predicted octanol–water partition coefficient (Wildman–Crippen LogP) is 1.76. The highest BCUT2D eigenvalue weighted by Crippen LogP contribution is 2.23. The Labute approximate surface area is 103 Å². The Morgan fingerprint density at radius 3 is 2.81 bits per heavy atom. The monoisotopic (exact) mass is 287 g/mol. The number of nitrogens with one attached hydrogen (secondary N) is 1. The number of aromatic nitrogens is 1. The summed E-state index contributed by atoms with van der Waals surface area (Å²) in [5.74, 6) is 0. The molecule has 0 unspecified atom stereocenters. The Balaban J connectivity index is 2.14. The summed E-state index contributed by atoms with van der Waals surface area (Å²) in [5, 5.41) is 3.27. The number of rotatable bonds is 3. The van der Waals surface area contributed by atoms with E-state index in [-0.39, 0.29) is 12.7 Å². The van der Waals surface area contributed by atoms with Crippen LogP contribution in [0.4, 0.5) is 4.39 Å². The van der Waals surface area contributed by atoms with Crippen LogP contribution >= 0.6 is 15.9 Å². The maximum atomic E-state index is 13.2. The van der Waals surface area contributed by atoms with Crippen LogP contribution in [0.1, 0.15) is 11.6 Å². The third-order valence-electron chi connectivity index (χ3n) is 2.85. The maximum absolute atomic E-state index is 13.2. The van der Waals surface area contributed by atoms with E-state index in [4.69, 9.17) is 0 Å². The maximum Gasteiger partial charge on any atom is 0.109 e. The van der Waals surface area contributed by atoms with Gasteiger partial charge in [0.1, 0.15) is 6.67 Å². The van der Waals surface area contributed by atoms with E-state index >= 15 is 0 Å². The van der Waals surface area contributed by atoms with E-state index in [2.05, 4.69) is 31.1 Å². The smallest absolute Gasteiger partial charge is 0.109 e. The zero-order valence-electron chi connectivity index (χ0n) is 9.00. The van der Waals surface area contributed by atoms with Crippen LogP contribution in [0, 0.1) is 0 Å². The highest BCUT2D eigenvalue weighted by Gasteiger charge is 2.22. The summed E-state index contributed by atoms with van der Waals surface area (Å²) >= 11 is 3.37. The molecule has 0 spiro atoms. The highest BCUT2D eigenvalue weighted by atomic mass is 79.9. The highest BCUT2D eigenvalue weighted by molar-refractivity contribution is 9.10. The SMILES string of the molecule is FC[C@@H](c1cncc(Br)c1)N1CCNCC1. The van der Waals surface area contributed by atoms with Crippen molar-refractivity contribution >= 4 is 15.9 Å². The van der Waals surface area contributed by atoms with E-state index in [1.165, 1.54) is 0 Å². The lowest BCUT2D eigenvalue weighted by molar-refractivity contribution is 0.147. The van der Waals surface area contributed by atoms with Crippen molar-refractivity contribution in [3.05, 3.63) is 28.5 Å². The molecule has 1 aliphatic rings. The molecule has 0 amide bonds. The summed E-state index contributed by atoms with van der Waals surface area (Å²) in [6.45, 7) is 3.27. The fraction of sp³-hybridized carbons (Fsp3) is 0.545. The average molecular weight is 288 g/mol. The summed E-state index contributed by atoms with van der Waals surface area (Å²) in [5.41, 5.74) is 0.943. The van der Waals surface area contributed by atoms with E-state index in [0.29, 0.717) is 0 Å². The van der Waals surface area contributed by atoms with Gasteiger partial charge in [0.25, 0.3) is 0 Å². The quantitative estimate of drug-likeness (QED) is 0.918. The minimum atomic E-state index is -0.363. The molecule has 0 aliphatic carbocycles. The van der Waals surface area contributed by atoms with Gasteiger partial charge < -0.3 is 5.32 Å². The standard InChI is InChI=1S/C11H15BrFN3/c12-10-5-9(7-15-8-10)11(6-13)16-3-1-14-2-4-16/h5,7-8,11,14H,1-4,6H2/t11-/m0/s1. The zero-order valence-corrected chi connectivity index (χ0v) is 10.6. The van der Waals surface area contributed by atoms with Crippen LogP contribution in [-0.2, 0) is 0 Å². The van der Waals surface area contributed by atoms with Gasteiger partial charge in [0.15, 0.2) is 0 Å². The summed E-state index contributed by atoms with van der Waals surface area (Å²) < 4.78 is 14.1. The molecule has 1 saturated heterocycles. The van der Waals surface area contributed by atoms with E-state index in [0.717, 1.165) is 36.2 Å². The molecule has 0 saturated carbocycles. The van der Waals surface area contributed by atoms with Gasteiger partial charge >= 0.3 is 0 Å². The second kappa shape index (κ2) is 5.70. The fourth-order valence-corrected chi connectivity index (χ4v) is 2.38. The van der Waals surface area contributed by atoms with Crippen LogP contribution in [0.3, 0.4) is 0 Å². The molecule has 1 atom stereocenters. The van der Waals surface area contributed by atoms with Gasteiger partial charge in [-0.2, -0.15) is 0 Å². The molecular weight excluding hydrogens is 273 g/mol. The Morgan fingerprint density at radius 1 is 1.44 bits per heavy atom. The Kier molecular flexibility index (Phi) is 4.26. The molecule has 1 N–H and O–H groups in total. The van der Waals surface area contributed by atoms with E-state index in [1.54, 1.807) is 12.4 Å². The largest absolute Gasteiger partial charge is 0.314 e. The molecule has 1 aromatic rings. The van der Waals surface area contributed by atoms with Gasteiger partial charge in [0.05, 0.1) is 6.04 Å². The number of pyridine rings is 1. The lowest BCUT2D eigenvalue weighted by atomic mass is 10.1. The van der Waals surface area contributed by atoms with Crippen LogP contribution in [0.25, 0.3) is 0 Å². The van der Waals surface area contributed by atoms with Crippen molar-refractivity contribution in [2.24, 2.45) is 0 Å². The Morgan fingerprint density at radius 2 is 2.19 bits per heavy atom. The molecule has 3 nitrogen and oxygen atoms in total. The molecule has 1 fully saturated rings. The zero-order chi connectivity index (χ0) is 11.4. The van der Waals surface area contributed by atoms with Crippen molar-refractivity contribution in [1.82, 2.24) is 15.2 Å². The van der Waals surface area contributed by atoms with Gasteiger partial charge in [0, 0.05) is 43.0 Å². The van der Waals surface area contributed by atoms with E-state index < -0.39 is 0 Å². The minimum absolute atomic E-state index is 0.160. The van der Waals surface area contributed by atoms with Crippen LogP contribution < -0.4 is 5.32 Å². The number of hydrogen-bond donors (Lipinski definition) is 1. The van der Waals surface area contributed by atoms with Crippen LogP contribution in [0.15, 0.2) is 22.9 Å². The summed E-state index contributed by atoms with van der Waals surface area (Å²) in [7, 11) is 0. The van der Waals surface area contributed by atoms with Crippen molar-refractivity contribution in [1.29, 1.82) is 0 Å². The number of alkyl halides is 1. The molecular formula is C11H15BrFN3. The average Bonchev–Trinajstić information content (AvgIpc) is 2.31. The summed E-state index contributed by atoms with van der Waals surface area (Å²) in [4.78, 5) is 6.26. The molecule has 88 valence electrons. The molecule has 0 radical (unpaired) electrons. The summed E-state index contributed by atoms with van der Waals surface area (Å²) in [6, 6.07) is 1.78. The first-order chi connectivity index (χ1) is 7.81. The Hall–Kier alpha value is -0.520. The third kappa shape index (κ3) is 2.78. The van der Waals surface area contributed by atoms with Gasteiger partial charge in [-0.1, -0.05) is 0 Å². The number of piperazine rings is 1. The minimum Gasteiger partial charge on any atom is -0.314 e. The Bertz CT molecular complexity index is 342. The molecule has 1 aromatic heterocycles. The predicted molar refractivity (Wildman–Crippen MR) is 65.1 cm³/mol. The molecule has 0 bridgehead atoms. The number of halogens is 2. The van der Waals surface area contributed by atoms with Crippen molar-refractivity contribution in [3.63, 3.8) is 0 Å². The number of nitrogens with zero attached hydrogens (tertiary/aromatic N) is 2. The molecule has 16 heavy (non-hydrogen) atoms. The van der Waals surface area contributed by atoms with Gasteiger partial charge in [-0.15, -0.1) is 0 Å². The van der Waals surface area contributed by atoms with Crippen molar-refractivity contribution in [3.8, 4) is 0 Å². The van der Waals surface area contributed by atoms with Gasteiger partial charge in [-0.25, -0.2) is 4.39 Å². The van der Waals surface area contributed by atoms with Gasteiger partial charge in [-0.05, 0) is 27.6 Å². The lowest BCUT2D eigenvalue weighted by Crippen LogP contribution is -2.45. The third-order valence-corrected chi connectivity index (χ3v) is 3.28. The second-order valence-corrected chi connectivity index (χ2v) is 4.81. The fourth-order valence-electron chi connectivity index (χ4n) is 2.00. The second-order valence-electron chi connectivity index (χ2n) is 3.89. The first kappa shape index (κ1) is 12.0. The van der Waals surface area contributed by atoms with Crippen LogP contribution in [-0.4, -0.2) is 42.7 Å². The van der Waals surface area contributed by atoms with Gasteiger partial charge in [0.2, 0.25) is 0 Å². The molecule has 5 heteroatoms. The number of hydrogen-bond acceptors (Lipinski definition) is 3. The first-order valence-electron chi connectivity index (χ1n) is 5.42. The lowest BCUT2D eigenvalue weighted by Gasteiger charge is -2.33. The van der Waals surface area contributed by atoms with Crippen LogP contribution in [0.2, 0.25) is 0 Å². The van der Waals surface area contributed by atoms with Crippen LogP contribution in [0.5, 0.6) is 0 Å². The van der Waals surface area contributed by atoms with E-state index in [1.807, 2.05) is 6.07 Å². The van der Waals surface area contributed by atoms with Gasteiger partial charge in [-0.3, -0.25) is 9.88 Å². The van der Waals surface area contributed by atoms with Crippen molar-refractivity contribution < 1.29 is 4.39 Å².